The van der Waals surface area contributed by atoms with Crippen LogP contribution in [0, 0.1) is 0 Å². The molecule has 1 aromatic carbocycles. The van der Waals surface area contributed by atoms with Crippen LogP contribution >= 0.6 is 15.9 Å². The van der Waals surface area contributed by atoms with E-state index in [-0.39, 0.29) is 12.3 Å². The van der Waals surface area contributed by atoms with E-state index in [0.717, 1.165) is 16.0 Å². The SMILES string of the molecule is NCc1ccc2c(c1)CC(=O)N2C(=O)Br. The van der Waals surface area contributed by atoms with Gasteiger partial charge < -0.3 is 5.73 Å². The Bertz CT molecular complexity index is 445. The minimum Gasteiger partial charge on any atom is -0.326 e. The van der Waals surface area contributed by atoms with Crippen molar-refractivity contribution in [3.8, 4) is 0 Å². The number of amides is 2. The van der Waals surface area contributed by atoms with Crippen LogP contribution in [0.25, 0.3) is 0 Å². The molecule has 0 atom stereocenters. The lowest BCUT2D eigenvalue weighted by Gasteiger charge is -2.11. The number of hydrogen-bond donors (Lipinski definition) is 1. The number of anilines is 1. The summed E-state index contributed by atoms with van der Waals surface area (Å²) in [5, 5.41) is 0. The molecule has 0 aliphatic carbocycles. The Labute approximate surface area is 95.2 Å². The van der Waals surface area contributed by atoms with Crippen molar-refractivity contribution in [2.45, 2.75) is 13.0 Å². The summed E-state index contributed by atoms with van der Waals surface area (Å²) in [5.74, 6) is -0.207. The minimum absolute atomic E-state index is 0.207. The first-order valence-electron chi connectivity index (χ1n) is 4.47. The zero-order valence-corrected chi connectivity index (χ0v) is 9.45. The number of benzene rings is 1. The van der Waals surface area contributed by atoms with E-state index < -0.39 is 4.82 Å². The molecular weight excluding hydrogens is 260 g/mol. The van der Waals surface area contributed by atoms with Crippen molar-refractivity contribution in [3.05, 3.63) is 29.3 Å². The standard InChI is InChI=1S/C10H9BrN2O2/c11-10(15)13-8-2-1-6(5-12)3-7(8)4-9(13)14/h1-3H,4-5,12H2. The van der Waals surface area contributed by atoms with Gasteiger partial charge in [-0.05, 0) is 17.2 Å². The first-order chi connectivity index (χ1) is 7.13. The lowest BCUT2D eigenvalue weighted by molar-refractivity contribution is -0.116. The molecule has 1 aromatic rings. The summed E-state index contributed by atoms with van der Waals surface area (Å²) in [7, 11) is 0. The van der Waals surface area contributed by atoms with E-state index in [1.807, 2.05) is 12.1 Å². The van der Waals surface area contributed by atoms with Gasteiger partial charge in [-0.3, -0.25) is 9.59 Å². The molecule has 0 fully saturated rings. The first kappa shape index (κ1) is 10.3. The predicted molar refractivity (Wildman–Crippen MR) is 59.8 cm³/mol. The maximum Gasteiger partial charge on any atom is 0.300 e. The minimum atomic E-state index is -0.424. The monoisotopic (exact) mass is 268 g/mol. The summed E-state index contributed by atoms with van der Waals surface area (Å²) >= 11 is 2.79. The van der Waals surface area contributed by atoms with Gasteiger partial charge in [-0.1, -0.05) is 12.1 Å². The number of rotatable bonds is 1. The number of carbonyl (C=O) groups excluding carboxylic acids is 2. The number of hydrogen-bond acceptors (Lipinski definition) is 3. The molecule has 2 N–H and O–H groups in total. The Hall–Kier alpha value is -1.20. The van der Waals surface area contributed by atoms with Crippen LogP contribution in [0.5, 0.6) is 0 Å². The number of nitrogens with zero attached hydrogens (tertiary/aromatic N) is 1. The van der Waals surface area contributed by atoms with Gasteiger partial charge in [0.25, 0.3) is 0 Å². The van der Waals surface area contributed by atoms with E-state index in [2.05, 4.69) is 15.9 Å². The summed E-state index contributed by atoms with van der Waals surface area (Å²) in [6.07, 6.45) is 0.264. The molecule has 0 spiro atoms. The summed E-state index contributed by atoms with van der Waals surface area (Å²) in [4.78, 5) is 23.4. The van der Waals surface area contributed by atoms with Crippen LogP contribution < -0.4 is 10.6 Å². The fraction of sp³-hybridized carbons (Fsp3) is 0.200. The van der Waals surface area contributed by atoms with Gasteiger partial charge in [0.15, 0.2) is 0 Å². The van der Waals surface area contributed by atoms with Crippen molar-refractivity contribution < 1.29 is 9.59 Å². The Kier molecular flexibility index (Phi) is 2.58. The van der Waals surface area contributed by atoms with Crippen LogP contribution in [0.15, 0.2) is 18.2 Å². The number of imide groups is 1. The molecule has 2 rings (SSSR count). The topological polar surface area (TPSA) is 63.4 Å². The Morgan fingerprint density at radius 2 is 2.27 bits per heavy atom. The highest BCUT2D eigenvalue weighted by atomic mass is 79.9. The Morgan fingerprint density at radius 1 is 1.53 bits per heavy atom. The summed E-state index contributed by atoms with van der Waals surface area (Å²) in [6.45, 7) is 0.434. The van der Waals surface area contributed by atoms with Crippen LogP contribution in [-0.4, -0.2) is 10.7 Å². The number of halogens is 1. The van der Waals surface area contributed by atoms with Crippen LogP contribution in [-0.2, 0) is 17.8 Å². The van der Waals surface area contributed by atoms with Gasteiger partial charge in [0.2, 0.25) is 5.91 Å². The third-order valence-corrected chi connectivity index (χ3v) is 2.74. The maximum atomic E-state index is 11.5. The number of nitrogens with two attached hydrogens (primary N) is 1. The molecule has 0 saturated carbocycles. The molecular formula is C10H9BrN2O2. The fourth-order valence-electron chi connectivity index (χ4n) is 1.69. The van der Waals surface area contributed by atoms with Crippen LogP contribution in [0.2, 0.25) is 0 Å². The van der Waals surface area contributed by atoms with Gasteiger partial charge in [-0.25, -0.2) is 4.90 Å². The van der Waals surface area contributed by atoms with E-state index >= 15 is 0 Å². The predicted octanol–water partition coefficient (Wildman–Crippen LogP) is 1.55. The van der Waals surface area contributed by atoms with Crippen LogP contribution in [0.4, 0.5) is 10.5 Å². The second-order valence-electron chi connectivity index (χ2n) is 3.33. The molecule has 0 aromatic heterocycles. The zero-order valence-electron chi connectivity index (χ0n) is 7.87. The molecule has 0 unspecified atom stereocenters. The highest BCUT2D eigenvalue weighted by molar-refractivity contribution is 9.18. The molecule has 15 heavy (non-hydrogen) atoms. The third-order valence-electron chi connectivity index (χ3n) is 2.39. The van der Waals surface area contributed by atoms with Gasteiger partial charge in [0.1, 0.15) is 0 Å². The summed E-state index contributed by atoms with van der Waals surface area (Å²) in [6, 6.07) is 5.44. The van der Waals surface area contributed by atoms with Crippen molar-refractivity contribution in [1.82, 2.24) is 0 Å². The van der Waals surface area contributed by atoms with Crippen molar-refractivity contribution >= 4 is 32.3 Å². The first-order valence-corrected chi connectivity index (χ1v) is 5.27. The van der Waals surface area contributed by atoms with Gasteiger partial charge in [-0.15, -0.1) is 0 Å². The quantitative estimate of drug-likeness (QED) is 0.621. The molecule has 5 heteroatoms. The molecule has 1 aliphatic rings. The second-order valence-corrected chi connectivity index (χ2v) is 4.00. The van der Waals surface area contributed by atoms with E-state index in [1.54, 1.807) is 6.07 Å². The third kappa shape index (κ3) is 1.68. The lowest BCUT2D eigenvalue weighted by atomic mass is 10.1. The Morgan fingerprint density at radius 3 is 2.87 bits per heavy atom. The smallest absolute Gasteiger partial charge is 0.300 e. The van der Waals surface area contributed by atoms with E-state index in [4.69, 9.17) is 5.73 Å². The largest absolute Gasteiger partial charge is 0.326 e. The lowest BCUT2D eigenvalue weighted by Crippen LogP contribution is -2.28. The molecule has 0 bridgehead atoms. The van der Waals surface area contributed by atoms with Crippen molar-refractivity contribution in [3.63, 3.8) is 0 Å². The fourth-order valence-corrected chi connectivity index (χ4v) is 2.08. The van der Waals surface area contributed by atoms with Gasteiger partial charge >= 0.3 is 4.82 Å². The highest BCUT2D eigenvalue weighted by Gasteiger charge is 2.30. The van der Waals surface area contributed by atoms with Gasteiger partial charge in [-0.2, -0.15) is 0 Å². The van der Waals surface area contributed by atoms with E-state index in [0.29, 0.717) is 12.2 Å². The van der Waals surface area contributed by atoms with Gasteiger partial charge in [0.05, 0.1) is 12.1 Å². The van der Waals surface area contributed by atoms with E-state index in [1.165, 1.54) is 0 Å². The van der Waals surface area contributed by atoms with Gasteiger partial charge in [0, 0.05) is 22.5 Å². The van der Waals surface area contributed by atoms with E-state index in [9.17, 15) is 9.59 Å². The second kappa shape index (κ2) is 3.75. The maximum absolute atomic E-state index is 11.5. The van der Waals surface area contributed by atoms with Crippen molar-refractivity contribution in [2.75, 3.05) is 4.90 Å². The summed E-state index contributed by atoms with van der Waals surface area (Å²) in [5.41, 5.74) is 7.97. The molecule has 1 aliphatic heterocycles. The van der Waals surface area contributed by atoms with Crippen molar-refractivity contribution in [2.24, 2.45) is 5.73 Å². The highest BCUT2D eigenvalue weighted by Crippen LogP contribution is 2.30. The van der Waals surface area contributed by atoms with Crippen molar-refractivity contribution in [1.29, 1.82) is 0 Å². The number of fused-ring (bicyclic) bond motifs is 1. The molecule has 4 nitrogen and oxygen atoms in total. The molecule has 1 heterocycles. The normalized spacial score (nSPS) is 14.3. The molecule has 0 saturated heterocycles. The zero-order chi connectivity index (χ0) is 11.0. The van der Waals surface area contributed by atoms with Crippen LogP contribution in [0.1, 0.15) is 11.1 Å². The molecule has 2 amide bonds. The number of carbonyl (C=O) groups is 2. The summed E-state index contributed by atoms with van der Waals surface area (Å²) < 4.78 is 0. The molecule has 0 radical (unpaired) electrons. The Balaban J connectivity index is 2.47. The average Bonchev–Trinajstić information content (AvgIpc) is 2.52. The van der Waals surface area contributed by atoms with Crippen LogP contribution in [0.3, 0.4) is 0 Å². The molecule has 78 valence electrons. The average molecular weight is 269 g/mol.